The minimum absolute atomic E-state index is 0.0141. The van der Waals surface area contributed by atoms with Crippen molar-refractivity contribution in [3.63, 3.8) is 0 Å². The van der Waals surface area contributed by atoms with Gasteiger partial charge in [0.2, 0.25) is 0 Å². The maximum absolute atomic E-state index is 11.2. The van der Waals surface area contributed by atoms with Crippen molar-refractivity contribution in [1.29, 1.82) is 5.26 Å². The Morgan fingerprint density at radius 2 is 2.29 bits per heavy atom. The van der Waals surface area contributed by atoms with Crippen molar-refractivity contribution in [2.24, 2.45) is 0 Å². The van der Waals surface area contributed by atoms with Crippen LogP contribution in [-0.4, -0.2) is 17.5 Å². The lowest BCUT2D eigenvalue weighted by Crippen LogP contribution is -2.04. The van der Waals surface area contributed by atoms with E-state index in [1.165, 1.54) is 6.92 Å². The third kappa shape index (κ3) is 6.24. The third-order valence-corrected chi connectivity index (χ3v) is 2.93. The van der Waals surface area contributed by atoms with Crippen LogP contribution in [-0.2, 0) is 4.79 Å². The minimum atomic E-state index is -0.804. The van der Waals surface area contributed by atoms with Crippen LogP contribution in [0.3, 0.4) is 0 Å². The molecule has 0 radical (unpaired) electrons. The molecule has 1 rings (SSSR count). The molecule has 112 valence electrons. The lowest BCUT2D eigenvalue weighted by Gasteiger charge is -2.12. The molecule has 0 aliphatic heterocycles. The van der Waals surface area contributed by atoms with E-state index in [4.69, 9.17) is 10.00 Å². The Bertz CT molecular complexity index is 543. The van der Waals surface area contributed by atoms with Crippen LogP contribution in [0.25, 0.3) is 0 Å². The Kier molecular flexibility index (Phi) is 7.20. The highest BCUT2D eigenvalue weighted by atomic mass is 16.5. The Hall–Kier alpha value is -2.12. The fraction of sp³-hybridized carbons (Fsp3) is 0.412. The van der Waals surface area contributed by atoms with Gasteiger partial charge in [-0.1, -0.05) is 25.5 Å². The van der Waals surface area contributed by atoms with Crippen LogP contribution in [0.15, 0.2) is 35.9 Å². The first-order chi connectivity index (χ1) is 10.1. The minimum Gasteiger partial charge on any atom is -0.489 e. The van der Waals surface area contributed by atoms with Gasteiger partial charge in [0.15, 0.2) is 5.78 Å². The normalized spacial score (nSPS) is 12.6. The highest BCUT2D eigenvalue weighted by molar-refractivity contribution is 5.87. The lowest BCUT2D eigenvalue weighted by molar-refractivity contribution is -0.112. The van der Waals surface area contributed by atoms with E-state index >= 15 is 0 Å². The molecule has 0 amide bonds. The molecule has 21 heavy (non-hydrogen) atoms. The van der Waals surface area contributed by atoms with Crippen molar-refractivity contribution < 1.29 is 14.6 Å². The third-order valence-electron chi connectivity index (χ3n) is 2.93. The van der Waals surface area contributed by atoms with Gasteiger partial charge in [0, 0.05) is 0 Å². The predicted octanol–water partition coefficient (Wildman–Crippen LogP) is 3.33. The molecule has 0 bridgehead atoms. The molecule has 0 spiro atoms. The summed E-state index contributed by atoms with van der Waals surface area (Å²) in [5.74, 6) is 0.635. The monoisotopic (exact) mass is 287 g/mol. The van der Waals surface area contributed by atoms with Gasteiger partial charge in [-0.15, -0.1) is 0 Å². The van der Waals surface area contributed by atoms with E-state index in [1.54, 1.807) is 30.3 Å². The van der Waals surface area contributed by atoms with Crippen LogP contribution in [0.2, 0.25) is 0 Å². The molecule has 1 aromatic rings. The molecule has 0 saturated carbocycles. The average Bonchev–Trinajstić information content (AvgIpc) is 2.45. The highest BCUT2D eigenvalue weighted by Crippen LogP contribution is 2.22. The van der Waals surface area contributed by atoms with Crippen molar-refractivity contribution in [3.05, 3.63) is 41.5 Å². The molecule has 4 nitrogen and oxygen atoms in total. The Labute approximate surface area is 125 Å². The number of ketones is 1. The first kappa shape index (κ1) is 16.9. The summed E-state index contributed by atoms with van der Waals surface area (Å²) in [6.07, 6.45) is 2.62. The van der Waals surface area contributed by atoms with Crippen LogP contribution in [0.5, 0.6) is 5.75 Å². The van der Waals surface area contributed by atoms with Crippen molar-refractivity contribution in [1.82, 2.24) is 0 Å². The maximum Gasteiger partial charge on any atom is 0.152 e. The van der Waals surface area contributed by atoms with E-state index in [1.807, 2.05) is 13.0 Å². The van der Waals surface area contributed by atoms with E-state index in [0.29, 0.717) is 17.9 Å². The SMILES string of the molecule is CCC/C(=C\C(C)=O)COc1cccc(C(O)CC#N)c1. The number of nitrogens with zero attached hydrogens (tertiary/aromatic N) is 1. The van der Waals surface area contributed by atoms with Gasteiger partial charge in [-0.2, -0.15) is 5.26 Å². The summed E-state index contributed by atoms with van der Waals surface area (Å²) in [5.41, 5.74) is 1.61. The van der Waals surface area contributed by atoms with Gasteiger partial charge in [0.05, 0.1) is 18.6 Å². The zero-order valence-electron chi connectivity index (χ0n) is 12.5. The molecule has 0 aliphatic carbocycles. The summed E-state index contributed by atoms with van der Waals surface area (Å²) < 4.78 is 5.68. The molecule has 1 unspecified atom stereocenters. The standard InChI is InChI=1S/C17H21NO3/c1-3-5-14(10-13(2)19)12-21-16-7-4-6-15(11-16)17(20)8-9-18/h4,6-7,10-11,17,20H,3,5,8,12H2,1-2H3/b14-10+. The van der Waals surface area contributed by atoms with Gasteiger partial charge < -0.3 is 9.84 Å². The van der Waals surface area contributed by atoms with Gasteiger partial charge in [-0.05, 0) is 42.7 Å². The van der Waals surface area contributed by atoms with E-state index in [-0.39, 0.29) is 12.2 Å². The van der Waals surface area contributed by atoms with E-state index < -0.39 is 6.10 Å². The molecule has 0 aromatic heterocycles. The number of ether oxygens (including phenoxy) is 1. The van der Waals surface area contributed by atoms with Gasteiger partial charge in [-0.25, -0.2) is 0 Å². The molecule has 0 fully saturated rings. The number of allylic oxidation sites excluding steroid dienone is 1. The number of aliphatic hydroxyl groups is 1. The van der Waals surface area contributed by atoms with Gasteiger partial charge in [0.1, 0.15) is 12.4 Å². The van der Waals surface area contributed by atoms with Crippen LogP contribution in [0.1, 0.15) is 44.8 Å². The van der Waals surface area contributed by atoms with Crippen LogP contribution in [0, 0.1) is 11.3 Å². The zero-order valence-corrected chi connectivity index (χ0v) is 12.5. The quantitative estimate of drug-likeness (QED) is 0.744. The van der Waals surface area contributed by atoms with Crippen molar-refractivity contribution in [3.8, 4) is 11.8 Å². The molecule has 1 aromatic carbocycles. The van der Waals surface area contributed by atoms with Crippen LogP contribution in [0.4, 0.5) is 0 Å². The smallest absolute Gasteiger partial charge is 0.152 e. The number of rotatable bonds is 8. The first-order valence-electron chi connectivity index (χ1n) is 7.04. The van der Waals surface area contributed by atoms with E-state index in [0.717, 1.165) is 18.4 Å². The van der Waals surface area contributed by atoms with E-state index in [9.17, 15) is 9.90 Å². The Balaban J connectivity index is 2.72. The summed E-state index contributed by atoms with van der Waals surface area (Å²) in [6.45, 7) is 3.92. The van der Waals surface area contributed by atoms with Crippen LogP contribution >= 0.6 is 0 Å². The second-order valence-electron chi connectivity index (χ2n) is 4.90. The number of hydrogen-bond donors (Lipinski definition) is 1. The summed E-state index contributed by atoms with van der Waals surface area (Å²) in [4.78, 5) is 11.2. The molecular weight excluding hydrogens is 266 g/mol. The van der Waals surface area contributed by atoms with Gasteiger partial charge in [-0.3, -0.25) is 4.79 Å². The van der Waals surface area contributed by atoms with Crippen molar-refractivity contribution >= 4 is 5.78 Å². The zero-order chi connectivity index (χ0) is 15.7. The molecule has 4 heteroatoms. The summed E-state index contributed by atoms with van der Waals surface area (Å²) >= 11 is 0. The second kappa shape index (κ2) is 8.93. The molecule has 0 aliphatic rings. The number of carbonyl (C=O) groups excluding carboxylic acids is 1. The topological polar surface area (TPSA) is 70.3 Å². The maximum atomic E-state index is 11.2. The number of carbonyl (C=O) groups is 1. The molecule has 1 N–H and O–H groups in total. The number of nitriles is 1. The summed E-state index contributed by atoms with van der Waals surface area (Å²) in [7, 11) is 0. The predicted molar refractivity (Wildman–Crippen MR) is 80.8 cm³/mol. The summed E-state index contributed by atoms with van der Waals surface area (Å²) in [6, 6.07) is 8.98. The van der Waals surface area contributed by atoms with Crippen molar-refractivity contribution in [2.45, 2.75) is 39.2 Å². The van der Waals surface area contributed by atoms with E-state index in [2.05, 4.69) is 0 Å². The Morgan fingerprint density at radius 1 is 1.52 bits per heavy atom. The van der Waals surface area contributed by atoms with Crippen molar-refractivity contribution in [2.75, 3.05) is 6.61 Å². The average molecular weight is 287 g/mol. The number of aliphatic hydroxyl groups excluding tert-OH is 1. The molecule has 0 saturated heterocycles. The van der Waals surface area contributed by atoms with Gasteiger partial charge in [0.25, 0.3) is 0 Å². The van der Waals surface area contributed by atoms with Gasteiger partial charge >= 0.3 is 0 Å². The Morgan fingerprint density at radius 3 is 2.90 bits per heavy atom. The summed E-state index contributed by atoms with van der Waals surface area (Å²) in [5, 5.41) is 18.4. The highest BCUT2D eigenvalue weighted by Gasteiger charge is 2.08. The molecule has 0 heterocycles. The number of hydrogen-bond acceptors (Lipinski definition) is 4. The lowest BCUT2D eigenvalue weighted by atomic mass is 10.1. The molecular formula is C17H21NO3. The first-order valence-corrected chi connectivity index (χ1v) is 7.04. The fourth-order valence-electron chi connectivity index (χ4n) is 1.99. The van der Waals surface area contributed by atoms with Crippen LogP contribution < -0.4 is 4.74 Å². The largest absolute Gasteiger partial charge is 0.489 e. The number of benzene rings is 1. The molecule has 1 atom stereocenters. The second-order valence-corrected chi connectivity index (χ2v) is 4.90. The fourth-order valence-corrected chi connectivity index (χ4v) is 1.99.